The molecule has 1 aromatic carbocycles. The highest BCUT2D eigenvalue weighted by Gasteiger charge is 2.29. The smallest absolute Gasteiger partial charge is 0.123 e. The molecule has 0 amide bonds. The van der Waals surface area contributed by atoms with E-state index < -0.39 is 0 Å². The molecule has 1 heteroatoms. The molecule has 2 aliphatic carbocycles. The lowest BCUT2D eigenvalue weighted by Crippen LogP contribution is -2.26. The number of fused-ring (bicyclic) bond motifs is 1. The molecule has 0 radical (unpaired) electrons. The Balaban J connectivity index is 1.59. The van der Waals surface area contributed by atoms with E-state index in [2.05, 4.69) is 6.92 Å². The predicted molar refractivity (Wildman–Crippen MR) is 82.3 cm³/mol. The fourth-order valence-corrected chi connectivity index (χ4v) is 4.51. The quantitative estimate of drug-likeness (QED) is 0.679. The lowest BCUT2D eigenvalue weighted by atomic mass is 9.69. The second kappa shape index (κ2) is 6.28. The van der Waals surface area contributed by atoms with Gasteiger partial charge in [-0.2, -0.15) is 0 Å². The van der Waals surface area contributed by atoms with E-state index in [0.717, 1.165) is 24.2 Å². The Bertz CT molecular complexity index is 443. The van der Waals surface area contributed by atoms with E-state index in [1.54, 1.807) is 12.1 Å². The Morgan fingerprint density at radius 3 is 2.55 bits per heavy atom. The second-order valence-electron chi connectivity index (χ2n) is 6.99. The zero-order valence-corrected chi connectivity index (χ0v) is 12.7. The summed E-state index contributed by atoms with van der Waals surface area (Å²) in [5.74, 6) is 2.72. The monoisotopic (exact) mass is 274 g/mol. The van der Waals surface area contributed by atoms with Gasteiger partial charge in [0.05, 0.1) is 0 Å². The summed E-state index contributed by atoms with van der Waals surface area (Å²) in [6.45, 7) is 2.31. The van der Waals surface area contributed by atoms with Crippen molar-refractivity contribution >= 4 is 0 Å². The van der Waals surface area contributed by atoms with Crippen molar-refractivity contribution in [2.24, 2.45) is 17.8 Å². The first-order valence-corrected chi connectivity index (χ1v) is 8.53. The molecule has 0 spiro atoms. The minimum atomic E-state index is -0.0673. The molecule has 0 heterocycles. The van der Waals surface area contributed by atoms with Crippen molar-refractivity contribution in [2.45, 2.75) is 64.7 Å². The molecule has 0 bridgehead atoms. The average molecular weight is 274 g/mol. The summed E-state index contributed by atoms with van der Waals surface area (Å²) < 4.78 is 13.3. The van der Waals surface area contributed by atoms with Crippen molar-refractivity contribution in [3.63, 3.8) is 0 Å². The highest BCUT2D eigenvalue weighted by atomic mass is 19.1. The number of rotatable bonds is 3. The predicted octanol–water partition coefficient (Wildman–Crippen LogP) is 5.54. The van der Waals surface area contributed by atoms with E-state index >= 15 is 0 Å². The summed E-state index contributed by atoms with van der Waals surface area (Å²) in [5, 5.41) is 0. The maximum absolute atomic E-state index is 13.3. The highest BCUT2D eigenvalue weighted by Crippen LogP contribution is 2.40. The summed E-state index contributed by atoms with van der Waals surface area (Å²) in [7, 11) is 0. The van der Waals surface area contributed by atoms with E-state index in [0.29, 0.717) is 0 Å². The van der Waals surface area contributed by atoms with E-state index in [9.17, 15) is 4.39 Å². The molecule has 0 saturated heterocycles. The molecule has 0 N–H and O–H groups in total. The Morgan fingerprint density at radius 2 is 1.80 bits per heavy atom. The van der Waals surface area contributed by atoms with E-state index in [4.69, 9.17) is 0 Å². The Morgan fingerprint density at radius 1 is 1.00 bits per heavy atom. The Hall–Kier alpha value is -0.850. The number of benzene rings is 1. The van der Waals surface area contributed by atoms with Crippen molar-refractivity contribution in [3.8, 4) is 0 Å². The van der Waals surface area contributed by atoms with Crippen LogP contribution in [0.3, 0.4) is 0 Å². The zero-order valence-electron chi connectivity index (χ0n) is 12.7. The first kappa shape index (κ1) is 14.1. The number of hydrogen-bond acceptors (Lipinski definition) is 0. The van der Waals surface area contributed by atoms with Crippen molar-refractivity contribution < 1.29 is 4.39 Å². The van der Waals surface area contributed by atoms with E-state index in [-0.39, 0.29) is 5.82 Å². The van der Waals surface area contributed by atoms with Gasteiger partial charge >= 0.3 is 0 Å². The third-order valence-corrected chi connectivity index (χ3v) is 5.69. The van der Waals surface area contributed by atoms with Crippen LogP contribution in [-0.2, 0) is 12.8 Å². The fourth-order valence-electron chi connectivity index (χ4n) is 4.51. The summed E-state index contributed by atoms with van der Waals surface area (Å²) in [6, 6.07) is 5.42. The zero-order chi connectivity index (χ0) is 13.9. The van der Waals surface area contributed by atoms with Crippen LogP contribution in [0, 0.1) is 23.6 Å². The molecule has 1 fully saturated rings. The van der Waals surface area contributed by atoms with Gasteiger partial charge in [0.25, 0.3) is 0 Å². The molecule has 2 aliphatic rings. The largest absolute Gasteiger partial charge is 0.207 e. The average Bonchev–Trinajstić information content (AvgIpc) is 2.48. The molecular weight excluding hydrogens is 247 g/mol. The summed E-state index contributed by atoms with van der Waals surface area (Å²) >= 11 is 0. The van der Waals surface area contributed by atoms with Crippen molar-refractivity contribution in [1.29, 1.82) is 0 Å². The minimum absolute atomic E-state index is 0.0673. The molecule has 1 saturated carbocycles. The van der Waals surface area contributed by atoms with Crippen molar-refractivity contribution in [1.82, 2.24) is 0 Å². The summed E-state index contributed by atoms with van der Waals surface area (Å²) in [6.07, 6.45) is 12.1. The molecule has 0 aliphatic heterocycles. The molecule has 1 aromatic rings. The van der Waals surface area contributed by atoms with Crippen LogP contribution in [0.1, 0.15) is 63.0 Å². The molecule has 110 valence electrons. The molecular formula is C19H27F. The number of hydrogen-bond donors (Lipinski definition) is 0. The molecule has 0 nitrogen and oxygen atoms in total. The van der Waals surface area contributed by atoms with Crippen molar-refractivity contribution in [3.05, 3.63) is 35.1 Å². The van der Waals surface area contributed by atoms with Gasteiger partial charge in [-0.1, -0.05) is 38.7 Å². The fraction of sp³-hybridized carbons (Fsp3) is 0.684. The van der Waals surface area contributed by atoms with Gasteiger partial charge in [0.2, 0.25) is 0 Å². The van der Waals surface area contributed by atoms with Crippen LogP contribution in [0.25, 0.3) is 0 Å². The van der Waals surface area contributed by atoms with Gasteiger partial charge in [0.15, 0.2) is 0 Å². The molecule has 20 heavy (non-hydrogen) atoms. The van der Waals surface area contributed by atoms with Crippen LogP contribution in [0.5, 0.6) is 0 Å². The van der Waals surface area contributed by atoms with Gasteiger partial charge in [0.1, 0.15) is 5.82 Å². The Labute approximate surface area is 122 Å². The molecule has 1 unspecified atom stereocenters. The molecule has 0 aromatic heterocycles. The molecule has 3 rings (SSSR count). The van der Waals surface area contributed by atoms with Gasteiger partial charge in [-0.15, -0.1) is 0 Å². The number of halogens is 1. The van der Waals surface area contributed by atoms with Crippen LogP contribution in [0.15, 0.2) is 18.2 Å². The van der Waals surface area contributed by atoms with E-state index in [1.807, 2.05) is 6.07 Å². The van der Waals surface area contributed by atoms with Crippen LogP contribution >= 0.6 is 0 Å². The van der Waals surface area contributed by atoms with Crippen LogP contribution in [-0.4, -0.2) is 0 Å². The highest BCUT2D eigenvalue weighted by molar-refractivity contribution is 5.30. The lowest BCUT2D eigenvalue weighted by Gasteiger charge is -2.36. The minimum Gasteiger partial charge on any atom is -0.207 e. The third kappa shape index (κ3) is 3.07. The number of aryl methyl sites for hydroxylation is 1. The second-order valence-corrected chi connectivity index (χ2v) is 6.99. The van der Waals surface area contributed by atoms with Crippen molar-refractivity contribution in [2.75, 3.05) is 0 Å². The van der Waals surface area contributed by atoms with Gasteiger partial charge in [-0.25, -0.2) is 4.39 Å². The first-order valence-electron chi connectivity index (χ1n) is 8.53. The normalized spacial score (nSPS) is 30.0. The third-order valence-electron chi connectivity index (χ3n) is 5.69. The van der Waals surface area contributed by atoms with Crippen LogP contribution in [0.4, 0.5) is 4.39 Å². The lowest BCUT2D eigenvalue weighted by molar-refractivity contribution is 0.184. The summed E-state index contributed by atoms with van der Waals surface area (Å²) in [4.78, 5) is 0. The van der Waals surface area contributed by atoms with Crippen LogP contribution in [0.2, 0.25) is 0 Å². The standard InChI is InChI=1S/C19H27F/c1-2-3-14-4-6-15(7-5-14)16-8-9-18-13-19(20)11-10-17(18)12-16/h10-11,13-16H,2-9,12H2,1H3. The van der Waals surface area contributed by atoms with Gasteiger partial charge in [-0.05, 0) is 73.1 Å². The maximum Gasteiger partial charge on any atom is 0.123 e. The topological polar surface area (TPSA) is 0 Å². The van der Waals surface area contributed by atoms with E-state index in [1.165, 1.54) is 62.5 Å². The van der Waals surface area contributed by atoms with Gasteiger partial charge in [0, 0.05) is 0 Å². The van der Waals surface area contributed by atoms with Crippen LogP contribution < -0.4 is 0 Å². The maximum atomic E-state index is 13.3. The SMILES string of the molecule is CCCC1CCC(C2CCc3cc(F)ccc3C2)CC1. The summed E-state index contributed by atoms with van der Waals surface area (Å²) in [5.41, 5.74) is 2.68. The molecule has 1 atom stereocenters. The van der Waals surface area contributed by atoms with Gasteiger partial charge in [-0.3, -0.25) is 0 Å². The van der Waals surface area contributed by atoms with Gasteiger partial charge < -0.3 is 0 Å². The Kier molecular flexibility index (Phi) is 4.43. The first-order chi connectivity index (χ1) is 9.76.